The van der Waals surface area contributed by atoms with Crippen LogP contribution in [0.5, 0.6) is 0 Å². The van der Waals surface area contributed by atoms with E-state index in [4.69, 9.17) is 0 Å². The molecular formula is C105H211. The van der Waals surface area contributed by atoms with Crippen LogP contribution in [0.25, 0.3) is 0 Å². The van der Waals surface area contributed by atoms with Crippen LogP contribution in [0.1, 0.15) is 583 Å². The van der Waals surface area contributed by atoms with E-state index in [9.17, 15) is 0 Å². The van der Waals surface area contributed by atoms with Crippen molar-refractivity contribution in [1.82, 2.24) is 0 Å². The van der Waals surface area contributed by atoms with Crippen LogP contribution >= 0.6 is 0 Å². The predicted octanol–water partition coefficient (Wildman–Crippen LogP) is 38.9. The van der Waals surface area contributed by atoms with Crippen molar-refractivity contribution in [3.8, 4) is 0 Å². The molecule has 0 bridgehead atoms. The lowest BCUT2D eigenvalue weighted by molar-refractivity contribution is -0.256. The second-order valence-corrected chi connectivity index (χ2v) is 38.4. The lowest BCUT2D eigenvalue weighted by Gasteiger charge is -2.75. The number of hydrogen-bond acceptors (Lipinski definition) is 0. The van der Waals surface area contributed by atoms with Crippen LogP contribution in [-0.4, -0.2) is 0 Å². The zero-order valence-corrected chi connectivity index (χ0v) is 78.2. The smallest absolute Gasteiger partial charge is 0.0145 e. The van der Waals surface area contributed by atoms with Crippen molar-refractivity contribution in [3.63, 3.8) is 0 Å². The summed E-state index contributed by atoms with van der Waals surface area (Å²) < 4.78 is 0. The normalized spacial score (nSPS) is 17.6. The van der Waals surface area contributed by atoms with Gasteiger partial charge in [0.05, 0.1) is 0 Å². The molecule has 0 aromatic rings. The highest BCUT2D eigenvalue weighted by atomic mass is 14.8. The van der Waals surface area contributed by atoms with Gasteiger partial charge in [0, 0.05) is 0 Å². The van der Waals surface area contributed by atoms with Gasteiger partial charge in [0.25, 0.3) is 0 Å². The van der Waals surface area contributed by atoms with E-state index in [1.165, 1.54) is 405 Å². The first-order valence-electron chi connectivity index (χ1n) is 50.9. The van der Waals surface area contributed by atoms with Gasteiger partial charge in [0.15, 0.2) is 0 Å². The van der Waals surface area contributed by atoms with E-state index >= 15 is 0 Å². The summed E-state index contributed by atoms with van der Waals surface area (Å²) in [4.78, 5) is 0. The Hall–Kier alpha value is 0. The molecule has 0 heteroatoms. The first-order valence-corrected chi connectivity index (χ1v) is 50.9. The molecular weight excluding hydrogens is 1260 g/mol. The van der Waals surface area contributed by atoms with E-state index < -0.39 is 0 Å². The highest BCUT2D eigenvalue weighted by Gasteiger charge is 2.72. The van der Waals surface area contributed by atoms with Crippen LogP contribution < -0.4 is 0 Å². The van der Waals surface area contributed by atoms with Crippen LogP contribution in [0.3, 0.4) is 0 Å². The Morgan fingerprint density at radius 3 is 1.05 bits per heavy atom. The van der Waals surface area contributed by atoms with Crippen LogP contribution in [0, 0.1) is 92.7 Å². The van der Waals surface area contributed by atoms with Gasteiger partial charge < -0.3 is 0 Å². The third kappa shape index (κ3) is 39.3. The molecule has 631 valence electrons. The molecule has 1 radical (unpaired) electrons. The molecule has 0 aliphatic heterocycles. The quantitative estimate of drug-likeness (QED) is 0.0533. The summed E-state index contributed by atoms with van der Waals surface area (Å²) in [5, 5.41) is 0. The minimum atomic E-state index is 0.151. The number of hydrogen-bond donors (Lipinski definition) is 0. The average molecular weight is 1470 g/mol. The predicted molar refractivity (Wildman–Crippen MR) is 486 cm³/mol. The fraction of sp³-hybridized carbons (Fsp3) is 0.990. The Bertz CT molecular complexity index is 1770. The monoisotopic (exact) mass is 1470 g/mol. The topological polar surface area (TPSA) is 0 Å². The molecule has 0 rings (SSSR count). The van der Waals surface area contributed by atoms with Crippen molar-refractivity contribution >= 4 is 0 Å². The maximum Gasteiger partial charge on any atom is -0.0145 e. The largest absolute Gasteiger partial charge is 0.0654 e. The van der Waals surface area contributed by atoms with Crippen LogP contribution in [0.2, 0.25) is 0 Å². The fourth-order valence-corrected chi connectivity index (χ4v) is 24.5. The van der Waals surface area contributed by atoms with Crippen molar-refractivity contribution in [2.45, 2.75) is 583 Å². The van der Waals surface area contributed by atoms with Crippen molar-refractivity contribution in [3.05, 3.63) is 5.92 Å². The molecule has 0 N–H and O–H groups in total. The summed E-state index contributed by atoms with van der Waals surface area (Å²) in [6.07, 6.45) is 95.9. The van der Waals surface area contributed by atoms with Gasteiger partial charge in [-0.3, -0.25) is 0 Å². The van der Waals surface area contributed by atoms with Gasteiger partial charge in [-0.2, -0.15) is 0 Å². The standard InChI is InChI=1S/C105H211/c1-23-43-51-72-94(63-33-11)84-91(22)103(82-58-50-57-70-90(21)41-19,86-96(65-35-13)74-53-45-25-3)105(100(69-39-17)78-56-48-28-6,89-99(68-38-16)76-55-47-27-5)104(87-97(66-36-14)71-49-29-7,88-98(67-37-15)75-54-46-26-4)102(81-40-18,83-80-93(61-31-9)62-32-10)101(79-59-77-92(42-20)60-30-8)85-95(64-34-12)73-52-44-24-2/h90-100H,23-89H2,1-22H3. The molecule has 0 heterocycles. The molecule has 0 nitrogen and oxygen atoms in total. The van der Waals surface area contributed by atoms with E-state index in [1.807, 2.05) is 0 Å². The molecule has 0 spiro atoms. The Kier molecular flexibility index (Phi) is 68.4. The van der Waals surface area contributed by atoms with Crippen LogP contribution in [0.15, 0.2) is 0 Å². The minimum absolute atomic E-state index is 0.151. The van der Waals surface area contributed by atoms with Crippen LogP contribution in [-0.2, 0) is 0 Å². The van der Waals surface area contributed by atoms with Gasteiger partial charge in [-0.25, -0.2) is 0 Å². The zero-order valence-electron chi connectivity index (χ0n) is 78.2. The molecule has 0 saturated carbocycles. The SMILES string of the molecule is CCCCCC(CCC)C[C](CCCC(CC)CCC)C(CCC)(CCC(CCC)CCC)C(CC(CCC)CCCC)(CC(CCC)CCCCC)C(CC(CCC)CCCCC)(C(CCC)CCCCC)C(CCCCCC(C)CC)(CC(CCC)CCCCC)C(C)CC(CCC)CCCCC. The molecule has 0 saturated heterocycles. The molecule has 0 amide bonds. The highest BCUT2D eigenvalue weighted by molar-refractivity contribution is 5.26. The summed E-state index contributed by atoms with van der Waals surface area (Å²) in [5.41, 5.74) is 0.688. The zero-order chi connectivity index (χ0) is 78.3. The van der Waals surface area contributed by atoms with Crippen molar-refractivity contribution in [1.29, 1.82) is 0 Å². The summed E-state index contributed by atoms with van der Waals surface area (Å²) in [6, 6.07) is 0. The molecule has 105 heavy (non-hydrogen) atoms. The van der Waals surface area contributed by atoms with Crippen molar-refractivity contribution < 1.29 is 0 Å². The molecule has 0 aromatic heterocycles. The van der Waals surface area contributed by atoms with E-state index in [2.05, 4.69) is 158 Å². The van der Waals surface area contributed by atoms with E-state index in [-0.39, 0.29) is 21.7 Å². The van der Waals surface area contributed by atoms with Gasteiger partial charge in [-0.1, -0.05) is 505 Å². The maximum atomic E-state index is 3.19. The first kappa shape index (κ1) is 105. The molecule has 0 fully saturated rings. The Morgan fingerprint density at radius 2 is 0.610 bits per heavy atom. The van der Waals surface area contributed by atoms with Crippen LogP contribution in [0.4, 0.5) is 0 Å². The Labute approximate surface area is 671 Å². The fourth-order valence-electron chi connectivity index (χ4n) is 24.5. The van der Waals surface area contributed by atoms with Crippen molar-refractivity contribution in [2.75, 3.05) is 0 Å². The maximum absolute atomic E-state index is 3.19. The third-order valence-corrected chi connectivity index (χ3v) is 29.7. The van der Waals surface area contributed by atoms with Gasteiger partial charge in [-0.05, 0) is 170 Å². The second-order valence-electron chi connectivity index (χ2n) is 38.4. The molecule has 14 atom stereocenters. The summed E-state index contributed by atoms with van der Waals surface area (Å²) >= 11 is 0. The lowest BCUT2D eigenvalue weighted by atomic mass is 9.29. The minimum Gasteiger partial charge on any atom is -0.0654 e. The van der Waals surface area contributed by atoms with Gasteiger partial charge in [0.2, 0.25) is 0 Å². The van der Waals surface area contributed by atoms with Gasteiger partial charge in [0.1, 0.15) is 0 Å². The van der Waals surface area contributed by atoms with Gasteiger partial charge >= 0.3 is 0 Å². The third-order valence-electron chi connectivity index (χ3n) is 29.7. The second kappa shape index (κ2) is 68.4. The van der Waals surface area contributed by atoms with E-state index in [0.29, 0.717) is 5.92 Å². The Morgan fingerprint density at radius 1 is 0.238 bits per heavy atom. The molecule has 0 aliphatic carbocycles. The summed E-state index contributed by atoms with van der Waals surface area (Å²) in [6.45, 7) is 58.2. The number of rotatable bonds is 82. The summed E-state index contributed by atoms with van der Waals surface area (Å²) in [7, 11) is 0. The highest BCUT2D eigenvalue weighted by Crippen LogP contribution is 2.80. The first-order chi connectivity index (χ1) is 51.0. The average Bonchev–Trinajstić information content (AvgIpc) is 0.672. The summed E-state index contributed by atoms with van der Waals surface area (Å²) in [5.74, 6) is 11.0. The Balaban J connectivity index is 12.9. The van der Waals surface area contributed by atoms with Gasteiger partial charge in [-0.15, -0.1) is 0 Å². The molecule has 14 unspecified atom stereocenters. The van der Waals surface area contributed by atoms with Crippen molar-refractivity contribution in [2.24, 2.45) is 86.8 Å². The molecule has 0 aliphatic rings. The lowest BCUT2D eigenvalue weighted by Crippen LogP contribution is -2.68. The van der Waals surface area contributed by atoms with E-state index in [1.54, 1.807) is 25.7 Å². The number of unbranched alkanes of at least 4 members (excludes halogenated alkanes) is 15. The van der Waals surface area contributed by atoms with E-state index in [0.717, 1.165) is 59.2 Å². The molecule has 0 aromatic carbocycles.